The normalized spacial score (nSPS) is 14.7. The number of carbonyl (C=O) groups is 1. The number of ether oxygens (including phenoxy) is 2. The van der Waals surface area contributed by atoms with Gasteiger partial charge in [0.05, 0.1) is 24.3 Å². The molecule has 0 fully saturated rings. The van der Waals surface area contributed by atoms with Crippen molar-refractivity contribution in [2.45, 2.75) is 45.5 Å². The van der Waals surface area contributed by atoms with E-state index in [1.54, 1.807) is 0 Å². The van der Waals surface area contributed by atoms with Crippen molar-refractivity contribution in [1.82, 2.24) is 14.3 Å². The van der Waals surface area contributed by atoms with Crippen LogP contribution in [0.1, 0.15) is 34.2 Å². The number of fused-ring (bicyclic) bond motifs is 1. The molecule has 0 saturated heterocycles. The van der Waals surface area contributed by atoms with Crippen LogP contribution >= 0.6 is 0 Å². The quantitative estimate of drug-likeness (QED) is 0.471. The van der Waals surface area contributed by atoms with Gasteiger partial charge in [0.1, 0.15) is 23.9 Å². The first-order chi connectivity index (χ1) is 17.7. The Kier molecular flexibility index (Phi) is 6.99. The highest BCUT2D eigenvalue weighted by atomic mass is 19.4. The molecule has 38 heavy (non-hydrogen) atoms. The molecule has 1 aromatic heterocycles. The van der Waals surface area contributed by atoms with E-state index in [1.165, 1.54) is 11.5 Å². The fraction of sp³-hybridized carbons (Fsp3) is 0.348. The van der Waals surface area contributed by atoms with Gasteiger partial charge in [-0.05, 0) is 43.7 Å². The van der Waals surface area contributed by atoms with Gasteiger partial charge in [-0.15, -0.1) is 5.10 Å². The summed E-state index contributed by atoms with van der Waals surface area (Å²) >= 11 is 0. The SMILES string of the molecule is Cc1cc(C(F)(F)F)ccc1NC(=O)c1cc(F)c(-n2nc3n(c2=O)CCOC3)cc1OC(C)C(F)(F)F. The minimum absolute atomic E-state index is 0.00578. The van der Waals surface area contributed by atoms with Crippen molar-refractivity contribution in [3.63, 3.8) is 0 Å². The zero-order valence-electron chi connectivity index (χ0n) is 19.7. The molecule has 0 aliphatic carbocycles. The van der Waals surface area contributed by atoms with Crippen molar-refractivity contribution in [1.29, 1.82) is 0 Å². The van der Waals surface area contributed by atoms with E-state index in [0.717, 1.165) is 18.2 Å². The third kappa shape index (κ3) is 5.37. The van der Waals surface area contributed by atoms with E-state index >= 15 is 4.39 Å². The van der Waals surface area contributed by atoms with Crippen LogP contribution in [0.3, 0.4) is 0 Å². The number of nitrogens with one attached hydrogen (secondary N) is 1. The predicted molar refractivity (Wildman–Crippen MR) is 118 cm³/mol. The molecule has 15 heteroatoms. The molecular weight excluding hydrogens is 529 g/mol. The van der Waals surface area contributed by atoms with Crippen LogP contribution in [-0.4, -0.2) is 39.1 Å². The Hall–Kier alpha value is -3.88. The second-order valence-corrected chi connectivity index (χ2v) is 8.40. The van der Waals surface area contributed by atoms with E-state index in [-0.39, 0.29) is 36.8 Å². The first kappa shape index (κ1) is 27.2. The minimum atomic E-state index is -4.87. The number of hydrogen-bond donors (Lipinski definition) is 1. The molecule has 2 aromatic carbocycles. The molecule has 1 unspecified atom stereocenters. The number of carbonyl (C=O) groups excluding carboxylic acids is 1. The number of aryl methyl sites for hydroxylation is 1. The maximum atomic E-state index is 15.2. The predicted octanol–water partition coefficient (Wildman–Crippen LogP) is 4.61. The number of nitrogens with zero attached hydrogens (tertiary/aromatic N) is 3. The molecule has 0 saturated carbocycles. The molecule has 1 amide bonds. The third-order valence-electron chi connectivity index (χ3n) is 5.72. The lowest BCUT2D eigenvalue weighted by Gasteiger charge is -2.20. The van der Waals surface area contributed by atoms with Crippen LogP contribution in [0.5, 0.6) is 5.75 Å². The largest absolute Gasteiger partial charge is 0.480 e. The first-order valence-electron chi connectivity index (χ1n) is 11.0. The lowest BCUT2D eigenvalue weighted by molar-refractivity contribution is -0.189. The molecule has 1 N–H and O–H groups in total. The lowest BCUT2D eigenvalue weighted by atomic mass is 10.1. The summed E-state index contributed by atoms with van der Waals surface area (Å²) in [5.74, 6) is -2.92. The van der Waals surface area contributed by atoms with E-state index in [0.29, 0.717) is 23.7 Å². The number of anilines is 1. The van der Waals surface area contributed by atoms with Crippen LogP contribution in [0.4, 0.5) is 36.4 Å². The Morgan fingerprint density at radius 2 is 1.87 bits per heavy atom. The van der Waals surface area contributed by atoms with Gasteiger partial charge >= 0.3 is 18.0 Å². The Morgan fingerprint density at radius 1 is 1.16 bits per heavy atom. The van der Waals surface area contributed by atoms with Gasteiger partial charge in [0.2, 0.25) is 0 Å². The van der Waals surface area contributed by atoms with Gasteiger partial charge in [-0.1, -0.05) is 0 Å². The van der Waals surface area contributed by atoms with Crippen LogP contribution in [0, 0.1) is 12.7 Å². The van der Waals surface area contributed by atoms with Gasteiger partial charge in [-0.25, -0.2) is 9.18 Å². The molecule has 2 heterocycles. The van der Waals surface area contributed by atoms with E-state index in [4.69, 9.17) is 9.47 Å². The van der Waals surface area contributed by atoms with E-state index < -0.39 is 58.4 Å². The average molecular weight is 548 g/mol. The molecule has 0 bridgehead atoms. The monoisotopic (exact) mass is 548 g/mol. The maximum absolute atomic E-state index is 15.2. The molecule has 204 valence electrons. The van der Waals surface area contributed by atoms with Gasteiger partial charge in [-0.2, -0.15) is 31.0 Å². The van der Waals surface area contributed by atoms with Crippen LogP contribution in [0.15, 0.2) is 35.1 Å². The highest BCUT2D eigenvalue weighted by molar-refractivity contribution is 6.06. The summed E-state index contributed by atoms with van der Waals surface area (Å²) in [4.78, 5) is 25.7. The Bertz CT molecular complexity index is 1440. The molecule has 0 spiro atoms. The van der Waals surface area contributed by atoms with Crippen molar-refractivity contribution in [3.05, 3.63) is 69.1 Å². The number of alkyl halides is 6. The molecular formula is C23H19F7N4O4. The summed E-state index contributed by atoms with van der Waals surface area (Å²) in [5, 5.41) is 6.22. The van der Waals surface area contributed by atoms with Gasteiger partial charge in [-0.3, -0.25) is 9.36 Å². The van der Waals surface area contributed by atoms with E-state index in [9.17, 15) is 35.9 Å². The van der Waals surface area contributed by atoms with Crippen LogP contribution in [0.2, 0.25) is 0 Å². The molecule has 1 atom stereocenters. The second kappa shape index (κ2) is 9.78. The van der Waals surface area contributed by atoms with Gasteiger partial charge in [0.25, 0.3) is 5.91 Å². The summed E-state index contributed by atoms with van der Waals surface area (Å²) in [5.41, 5.74) is -3.14. The highest BCUT2D eigenvalue weighted by Gasteiger charge is 2.39. The summed E-state index contributed by atoms with van der Waals surface area (Å²) in [6, 6.07) is 3.71. The van der Waals surface area contributed by atoms with Crippen LogP contribution in [0.25, 0.3) is 5.69 Å². The average Bonchev–Trinajstić information content (AvgIpc) is 3.16. The summed E-state index contributed by atoms with van der Waals surface area (Å²) in [7, 11) is 0. The zero-order chi connectivity index (χ0) is 28.0. The van der Waals surface area contributed by atoms with Crippen LogP contribution < -0.4 is 15.7 Å². The van der Waals surface area contributed by atoms with Gasteiger partial charge in [0, 0.05) is 11.8 Å². The van der Waals surface area contributed by atoms with Crippen molar-refractivity contribution < 1.29 is 45.0 Å². The van der Waals surface area contributed by atoms with E-state index in [1.807, 2.05) is 0 Å². The Labute approximate surface area is 209 Å². The second-order valence-electron chi connectivity index (χ2n) is 8.40. The number of rotatable bonds is 5. The lowest BCUT2D eigenvalue weighted by Crippen LogP contribution is -2.32. The van der Waals surface area contributed by atoms with Crippen molar-refractivity contribution in [2.24, 2.45) is 0 Å². The van der Waals surface area contributed by atoms with Crippen LogP contribution in [-0.2, 0) is 24.1 Å². The maximum Gasteiger partial charge on any atom is 0.425 e. The molecule has 1 aliphatic heterocycles. The topological polar surface area (TPSA) is 87.4 Å². The van der Waals surface area contributed by atoms with Crippen molar-refractivity contribution in [2.75, 3.05) is 11.9 Å². The van der Waals surface area contributed by atoms with Gasteiger partial charge in [0.15, 0.2) is 11.9 Å². The zero-order valence-corrected chi connectivity index (χ0v) is 19.7. The molecule has 3 aromatic rings. The smallest absolute Gasteiger partial charge is 0.425 e. The Balaban J connectivity index is 1.76. The minimum Gasteiger partial charge on any atom is -0.480 e. The summed E-state index contributed by atoms with van der Waals surface area (Å²) < 4.78 is 106. The highest BCUT2D eigenvalue weighted by Crippen LogP contribution is 2.33. The molecule has 8 nitrogen and oxygen atoms in total. The number of benzene rings is 2. The molecule has 4 rings (SSSR count). The molecule has 0 radical (unpaired) electrons. The van der Waals surface area contributed by atoms with Gasteiger partial charge < -0.3 is 14.8 Å². The summed E-state index contributed by atoms with van der Waals surface area (Å²) in [6.07, 6.45) is -12.0. The van der Waals surface area contributed by atoms with E-state index in [2.05, 4.69) is 10.4 Å². The number of hydrogen-bond acceptors (Lipinski definition) is 5. The van der Waals surface area contributed by atoms with Crippen molar-refractivity contribution >= 4 is 11.6 Å². The number of halogens is 7. The fourth-order valence-corrected chi connectivity index (χ4v) is 3.65. The molecule has 1 aliphatic rings. The number of aromatic nitrogens is 3. The van der Waals surface area contributed by atoms with Crippen molar-refractivity contribution in [3.8, 4) is 11.4 Å². The Morgan fingerprint density at radius 3 is 2.47 bits per heavy atom. The standard InChI is InChI=1S/C23H19F7N4O4/c1-11-7-13(23(28,29)30)3-4-16(11)31-20(35)14-8-15(24)17(9-18(14)38-12(2)22(25,26)27)34-21(36)33-5-6-37-10-19(33)32-34/h3-4,7-9,12H,5-6,10H2,1-2H3,(H,31,35). The first-order valence-corrected chi connectivity index (χ1v) is 11.0. The fourth-order valence-electron chi connectivity index (χ4n) is 3.65. The number of amides is 1. The summed E-state index contributed by atoms with van der Waals surface area (Å²) in [6.45, 7) is 2.20. The third-order valence-corrected chi connectivity index (χ3v) is 5.72.